The van der Waals surface area contributed by atoms with Gasteiger partial charge in [0.2, 0.25) is 0 Å². The number of aryl methyl sites for hydroxylation is 2. The monoisotopic (exact) mass is 287 g/mol. The van der Waals surface area contributed by atoms with Crippen LogP contribution in [0.4, 0.5) is 0 Å². The van der Waals surface area contributed by atoms with Crippen LogP contribution in [0.25, 0.3) is 11.0 Å². The number of nitrogens with one attached hydrogen (secondary N) is 1. The SMILES string of the molecule is CCCc1c(CNCC)oc2c(C)cc(C(C)(C)C)cc12. The summed E-state index contributed by atoms with van der Waals surface area (Å²) in [6.07, 6.45) is 2.23. The first-order valence-corrected chi connectivity index (χ1v) is 8.14. The molecule has 0 aliphatic rings. The average Bonchev–Trinajstić information content (AvgIpc) is 2.75. The van der Waals surface area contributed by atoms with E-state index in [0.29, 0.717) is 0 Å². The van der Waals surface area contributed by atoms with Gasteiger partial charge >= 0.3 is 0 Å². The highest BCUT2D eigenvalue weighted by molar-refractivity contribution is 5.86. The maximum Gasteiger partial charge on any atom is 0.137 e. The van der Waals surface area contributed by atoms with Gasteiger partial charge in [0, 0.05) is 10.9 Å². The second-order valence-electron chi connectivity index (χ2n) is 6.95. The molecular formula is C19H29NO. The summed E-state index contributed by atoms with van der Waals surface area (Å²) in [5, 5.41) is 4.71. The molecule has 0 aliphatic carbocycles. The van der Waals surface area contributed by atoms with E-state index in [0.717, 1.165) is 37.3 Å². The van der Waals surface area contributed by atoms with E-state index < -0.39 is 0 Å². The predicted octanol–water partition coefficient (Wildman–Crippen LogP) is 5.10. The molecule has 0 amide bonds. The molecule has 2 rings (SSSR count). The Hall–Kier alpha value is -1.28. The lowest BCUT2D eigenvalue weighted by Crippen LogP contribution is -2.12. The molecule has 0 radical (unpaired) electrons. The summed E-state index contributed by atoms with van der Waals surface area (Å²) in [6, 6.07) is 4.62. The Labute approximate surface area is 128 Å². The van der Waals surface area contributed by atoms with Crippen LogP contribution in [0.15, 0.2) is 16.5 Å². The minimum atomic E-state index is 0.168. The molecule has 1 aromatic heterocycles. The zero-order valence-corrected chi connectivity index (χ0v) is 14.4. The number of hydrogen-bond donors (Lipinski definition) is 1. The van der Waals surface area contributed by atoms with Crippen molar-refractivity contribution in [2.75, 3.05) is 6.54 Å². The van der Waals surface area contributed by atoms with Crippen molar-refractivity contribution in [2.24, 2.45) is 0 Å². The fourth-order valence-electron chi connectivity index (χ4n) is 2.81. The van der Waals surface area contributed by atoms with Gasteiger partial charge in [0.1, 0.15) is 11.3 Å². The van der Waals surface area contributed by atoms with Crippen LogP contribution < -0.4 is 5.32 Å². The van der Waals surface area contributed by atoms with Crippen molar-refractivity contribution >= 4 is 11.0 Å². The van der Waals surface area contributed by atoms with Gasteiger partial charge in [-0.05, 0) is 42.5 Å². The minimum absolute atomic E-state index is 0.168. The van der Waals surface area contributed by atoms with E-state index >= 15 is 0 Å². The number of rotatable bonds is 5. The Morgan fingerprint density at radius 2 is 1.86 bits per heavy atom. The zero-order valence-electron chi connectivity index (χ0n) is 14.4. The van der Waals surface area contributed by atoms with Crippen LogP contribution in [0.3, 0.4) is 0 Å². The summed E-state index contributed by atoms with van der Waals surface area (Å²) in [5.74, 6) is 1.11. The summed E-state index contributed by atoms with van der Waals surface area (Å²) in [7, 11) is 0. The van der Waals surface area contributed by atoms with Crippen LogP contribution >= 0.6 is 0 Å². The Kier molecular flexibility index (Phi) is 4.77. The third kappa shape index (κ3) is 3.32. The van der Waals surface area contributed by atoms with Gasteiger partial charge in [-0.25, -0.2) is 0 Å². The summed E-state index contributed by atoms with van der Waals surface area (Å²) in [6.45, 7) is 15.1. The second kappa shape index (κ2) is 6.23. The van der Waals surface area contributed by atoms with Crippen molar-refractivity contribution in [3.05, 3.63) is 34.6 Å². The third-order valence-electron chi connectivity index (χ3n) is 4.06. The Balaban J connectivity index is 2.62. The van der Waals surface area contributed by atoms with Crippen LogP contribution in [0, 0.1) is 6.92 Å². The molecule has 0 bridgehead atoms. The topological polar surface area (TPSA) is 25.2 Å². The lowest BCUT2D eigenvalue weighted by atomic mass is 9.85. The largest absolute Gasteiger partial charge is 0.459 e. The summed E-state index contributed by atoms with van der Waals surface area (Å²) in [4.78, 5) is 0. The van der Waals surface area contributed by atoms with Gasteiger partial charge in [0.05, 0.1) is 6.54 Å². The van der Waals surface area contributed by atoms with E-state index in [9.17, 15) is 0 Å². The fraction of sp³-hybridized carbons (Fsp3) is 0.579. The highest BCUT2D eigenvalue weighted by Crippen LogP contribution is 2.34. The molecule has 0 saturated heterocycles. The standard InChI is InChI=1S/C19H29NO/c1-7-9-15-16-11-14(19(4,5)6)10-13(3)18(16)21-17(15)12-20-8-2/h10-11,20H,7-9,12H2,1-6H3. The molecule has 0 spiro atoms. The third-order valence-corrected chi connectivity index (χ3v) is 4.06. The molecule has 2 nitrogen and oxygen atoms in total. The van der Waals surface area contributed by atoms with Crippen molar-refractivity contribution in [3.8, 4) is 0 Å². The molecule has 0 unspecified atom stereocenters. The Morgan fingerprint density at radius 1 is 1.14 bits per heavy atom. The molecule has 0 aliphatic heterocycles. The maximum atomic E-state index is 6.19. The highest BCUT2D eigenvalue weighted by atomic mass is 16.3. The van der Waals surface area contributed by atoms with Crippen molar-refractivity contribution in [1.29, 1.82) is 0 Å². The van der Waals surface area contributed by atoms with Crippen LogP contribution in [0.2, 0.25) is 0 Å². The van der Waals surface area contributed by atoms with Crippen molar-refractivity contribution in [2.45, 2.75) is 66.3 Å². The van der Waals surface area contributed by atoms with E-state index in [4.69, 9.17) is 4.42 Å². The van der Waals surface area contributed by atoms with Crippen LogP contribution in [0.1, 0.15) is 63.5 Å². The molecule has 0 saturated carbocycles. The average molecular weight is 287 g/mol. The van der Waals surface area contributed by atoms with E-state index in [1.807, 2.05) is 0 Å². The van der Waals surface area contributed by atoms with E-state index in [1.165, 1.54) is 22.1 Å². The summed E-state index contributed by atoms with van der Waals surface area (Å²) < 4.78 is 6.19. The van der Waals surface area contributed by atoms with Crippen LogP contribution in [-0.2, 0) is 18.4 Å². The quantitative estimate of drug-likeness (QED) is 0.827. The molecule has 0 fully saturated rings. The Morgan fingerprint density at radius 3 is 2.43 bits per heavy atom. The number of benzene rings is 1. The molecule has 1 heterocycles. The lowest BCUT2D eigenvalue weighted by molar-refractivity contribution is 0.511. The van der Waals surface area contributed by atoms with Crippen LogP contribution in [-0.4, -0.2) is 6.54 Å². The van der Waals surface area contributed by atoms with Crippen molar-refractivity contribution < 1.29 is 4.42 Å². The van der Waals surface area contributed by atoms with Crippen LogP contribution in [0.5, 0.6) is 0 Å². The lowest BCUT2D eigenvalue weighted by Gasteiger charge is -2.19. The predicted molar refractivity (Wildman–Crippen MR) is 91.0 cm³/mol. The van der Waals surface area contributed by atoms with Gasteiger partial charge in [-0.1, -0.05) is 47.1 Å². The zero-order chi connectivity index (χ0) is 15.6. The molecule has 1 aromatic carbocycles. The molecule has 2 aromatic rings. The minimum Gasteiger partial charge on any atom is -0.459 e. The first-order chi connectivity index (χ1) is 9.88. The van der Waals surface area contributed by atoms with Gasteiger partial charge < -0.3 is 9.73 Å². The van der Waals surface area contributed by atoms with Gasteiger partial charge in [-0.3, -0.25) is 0 Å². The Bertz CT molecular complexity index is 617. The maximum absolute atomic E-state index is 6.19. The molecule has 1 N–H and O–H groups in total. The number of furan rings is 1. The second-order valence-corrected chi connectivity index (χ2v) is 6.95. The smallest absolute Gasteiger partial charge is 0.137 e. The molecule has 0 atom stereocenters. The van der Waals surface area contributed by atoms with Gasteiger partial charge in [0.15, 0.2) is 0 Å². The van der Waals surface area contributed by atoms with Gasteiger partial charge in [-0.2, -0.15) is 0 Å². The molecule has 2 heteroatoms. The van der Waals surface area contributed by atoms with E-state index in [-0.39, 0.29) is 5.41 Å². The number of fused-ring (bicyclic) bond motifs is 1. The highest BCUT2D eigenvalue weighted by Gasteiger charge is 2.20. The molecule has 21 heavy (non-hydrogen) atoms. The normalized spacial score (nSPS) is 12.3. The van der Waals surface area contributed by atoms with Crippen molar-refractivity contribution in [3.63, 3.8) is 0 Å². The van der Waals surface area contributed by atoms with E-state index in [2.05, 4.69) is 59.0 Å². The fourth-order valence-corrected chi connectivity index (χ4v) is 2.81. The van der Waals surface area contributed by atoms with Crippen molar-refractivity contribution in [1.82, 2.24) is 5.32 Å². The number of hydrogen-bond acceptors (Lipinski definition) is 2. The summed E-state index contributed by atoms with van der Waals surface area (Å²) in [5.41, 5.74) is 5.27. The summed E-state index contributed by atoms with van der Waals surface area (Å²) >= 11 is 0. The first-order valence-electron chi connectivity index (χ1n) is 8.14. The van der Waals surface area contributed by atoms with E-state index in [1.54, 1.807) is 0 Å². The van der Waals surface area contributed by atoms with Gasteiger partial charge in [0.25, 0.3) is 0 Å². The van der Waals surface area contributed by atoms with Gasteiger partial charge in [-0.15, -0.1) is 0 Å². The first kappa shape index (κ1) is 16.1. The molecule has 116 valence electrons. The molecular weight excluding hydrogens is 258 g/mol.